The molecule has 1 fully saturated rings. The largest absolute Gasteiger partial charge is 0.433 e. The predicted octanol–water partition coefficient (Wildman–Crippen LogP) is 4.95. The highest BCUT2D eigenvalue weighted by molar-refractivity contribution is 5.98. The number of hydrogen-bond acceptors (Lipinski definition) is 4. The van der Waals surface area contributed by atoms with Crippen LogP contribution >= 0.6 is 0 Å². The summed E-state index contributed by atoms with van der Waals surface area (Å²) < 4.78 is 5.87. The molecule has 1 aliphatic heterocycles. The Hall–Kier alpha value is -3.34. The highest BCUT2D eigenvalue weighted by Crippen LogP contribution is 2.26. The smallest absolute Gasteiger partial charge is 0.289 e. The van der Waals surface area contributed by atoms with Crippen molar-refractivity contribution in [2.75, 3.05) is 24.5 Å². The number of rotatable bonds is 2. The summed E-state index contributed by atoms with van der Waals surface area (Å²) in [6.07, 6.45) is 0. The fourth-order valence-electron chi connectivity index (χ4n) is 4.26. The number of aryl methyl sites for hydroxylation is 2. The molecule has 1 amide bonds. The van der Waals surface area contributed by atoms with E-state index in [0.717, 1.165) is 28.4 Å². The first-order valence-corrected chi connectivity index (χ1v) is 10.4. The van der Waals surface area contributed by atoms with Crippen molar-refractivity contribution in [3.05, 3.63) is 71.5 Å². The lowest BCUT2D eigenvalue weighted by Gasteiger charge is -2.41. The molecule has 152 valence electrons. The molecule has 1 aliphatic rings. The van der Waals surface area contributed by atoms with Crippen LogP contribution in [0.4, 0.5) is 5.69 Å². The predicted molar refractivity (Wildman–Crippen MR) is 120 cm³/mol. The van der Waals surface area contributed by atoms with E-state index in [0.29, 0.717) is 24.6 Å². The number of carbonyl (C=O) groups excluding carboxylic acids is 1. The monoisotopic (exact) mass is 399 g/mol. The van der Waals surface area contributed by atoms with Crippen molar-refractivity contribution in [1.82, 2.24) is 9.88 Å². The lowest BCUT2D eigenvalue weighted by molar-refractivity contribution is 0.0696. The Morgan fingerprint density at radius 3 is 2.50 bits per heavy atom. The maximum atomic E-state index is 13.1. The molecule has 0 bridgehead atoms. The number of anilines is 1. The van der Waals surface area contributed by atoms with Gasteiger partial charge in [0.15, 0.2) is 5.76 Å². The Kier molecular flexibility index (Phi) is 4.46. The van der Waals surface area contributed by atoms with Crippen molar-refractivity contribution in [1.29, 1.82) is 0 Å². The van der Waals surface area contributed by atoms with Crippen LogP contribution in [-0.2, 0) is 0 Å². The standard InChI is InChI=1S/C25H25N3O2/c1-16-5-8-21(9-6-16)28-11-10-27(15-18(28)3)25(29)23-14-20-13-19-7-4-17(2)12-22(19)26-24(20)30-23/h4-9,12-14,18H,10-11,15H2,1-3H3/t18-/m1/s1. The van der Waals surface area contributed by atoms with E-state index in [1.165, 1.54) is 11.3 Å². The third kappa shape index (κ3) is 3.30. The van der Waals surface area contributed by atoms with Gasteiger partial charge in [0.05, 0.1) is 5.52 Å². The molecule has 5 heteroatoms. The molecule has 3 heterocycles. The van der Waals surface area contributed by atoms with Crippen LogP contribution in [0, 0.1) is 13.8 Å². The average molecular weight is 399 g/mol. The van der Waals surface area contributed by atoms with E-state index >= 15 is 0 Å². The molecule has 5 rings (SSSR count). The summed E-state index contributed by atoms with van der Waals surface area (Å²) in [7, 11) is 0. The van der Waals surface area contributed by atoms with Crippen LogP contribution in [0.1, 0.15) is 28.6 Å². The molecule has 0 N–H and O–H groups in total. The molecule has 30 heavy (non-hydrogen) atoms. The zero-order valence-corrected chi connectivity index (χ0v) is 17.6. The lowest BCUT2D eigenvalue weighted by Crippen LogP contribution is -2.53. The molecule has 2 aromatic heterocycles. The maximum Gasteiger partial charge on any atom is 0.289 e. The van der Waals surface area contributed by atoms with Crippen LogP contribution in [0.5, 0.6) is 0 Å². The topological polar surface area (TPSA) is 49.6 Å². The second kappa shape index (κ2) is 7.17. The summed E-state index contributed by atoms with van der Waals surface area (Å²) in [6, 6.07) is 18.8. The van der Waals surface area contributed by atoms with Gasteiger partial charge >= 0.3 is 0 Å². The number of furan rings is 1. The Balaban J connectivity index is 1.37. The van der Waals surface area contributed by atoms with Gasteiger partial charge in [0, 0.05) is 42.1 Å². The van der Waals surface area contributed by atoms with E-state index in [4.69, 9.17) is 4.42 Å². The van der Waals surface area contributed by atoms with Crippen molar-refractivity contribution >= 4 is 33.6 Å². The summed E-state index contributed by atoms with van der Waals surface area (Å²) in [5.74, 6) is 0.296. The summed E-state index contributed by atoms with van der Waals surface area (Å²) in [5.41, 5.74) is 5.01. The van der Waals surface area contributed by atoms with E-state index in [2.05, 4.69) is 60.1 Å². The number of benzene rings is 2. The molecule has 4 aromatic rings. The lowest BCUT2D eigenvalue weighted by atomic mass is 10.1. The second-order valence-electron chi connectivity index (χ2n) is 8.32. The number of piperazine rings is 1. The van der Waals surface area contributed by atoms with Crippen molar-refractivity contribution in [3.8, 4) is 0 Å². The highest BCUT2D eigenvalue weighted by atomic mass is 16.4. The van der Waals surface area contributed by atoms with Crippen LogP contribution in [0.3, 0.4) is 0 Å². The van der Waals surface area contributed by atoms with Crippen molar-refractivity contribution in [2.45, 2.75) is 26.8 Å². The van der Waals surface area contributed by atoms with Gasteiger partial charge in [-0.05, 0) is 56.7 Å². The van der Waals surface area contributed by atoms with Gasteiger partial charge in [-0.3, -0.25) is 4.79 Å². The summed E-state index contributed by atoms with van der Waals surface area (Å²) >= 11 is 0. The fraction of sp³-hybridized carbons (Fsp3) is 0.280. The average Bonchev–Trinajstić information content (AvgIpc) is 3.15. The molecule has 2 aromatic carbocycles. The van der Waals surface area contributed by atoms with Gasteiger partial charge in [-0.1, -0.05) is 29.8 Å². The number of hydrogen-bond donors (Lipinski definition) is 0. The molecule has 1 saturated heterocycles. The summed E-state index contributed by atoms with van der Waals surface area (Å²) in [4.78, 5) is 22.0. The minimum atomic E-state index is -0.0661. The van der Waals surface area contributed by atoms with E-state index in [1.807, 2.05) is 30.0 Å². The van der Waals surface area contributed by atoms with Crippen LogP contribution in [0.15, 0.2) is 59.0 Å². The normalized spacial score (nSPS) is 17.1. The zero-order chi connectivity index (χ0) is 20.8. The number of carbonyl (C=O) groups is 1. The minimum Gasteiger partial charge on any atom is -0.433 e. The maximum absolute atomic E-state index is 13.1. The van der Waals surface area contributed by atoms with E-state index in [1.54, 1.807) is 0 Å². The zero-order valence-electron chi connectivity index (χ0n) is 17.6. The quantitative estimate of drug-likeness (QED) is 0.479. The second-order valence-corrected chi connectivity index (χ2v) is 8.32. The summed E-state index contributed by atoms with van der Waals surface area (Å²) in [6.45, 7) is 8.43. The Morgan fingerprint density at radius 1 is 0.967 bits per heavy atom. The van der Waals surface area contributed by atoms with Gasteiger partial charge in [0.1, 0.15) is 0 Å². The molecular weight excluding hydrogens is 374 g/mol. The van der Waals surface area contributed by atoms with Crippen LogP contribution < -0.4 is 4.90 Å². The molecule has 5 nitrogen and oxygen atoms in total. The highest BCUT2D eigenvalue weighted by Gasteiger charge is 2.29. The van der Waals surface area contributed by atoms with E-state index < -0.39 is 0 Å². The van der Waals surface area contributed by atoms with Crippen molar-refractivity contribution < 1.29 is 9.21 Å². The number of pyridine rings is 1. The Bertz CT molecular complexity index is 1240. The molecule has 0 saturated carbocycles. The third-order valence-electron chi connectivity index (χ3n) is 5.95. The van der Waals surface area contributed by atoms with Gasteiger partial charge in [-0.15, -0.1) is 0 Å². The number of aromatic nitrogens is 1. The first-order valence-electron chi connectivity index (χ1n) is 10.4. The van der Waals surface area contributed by atoms with Gasteiger partial charge < -0.3 is 14.2 Å². The van der Waals surface area contributed by atoms with E-state index in [9.17, 15) is 4.79 Å². The first-order chi connectivity index (χ1) is 14.5. The number of amides is 1. The van der Waals surface area contributed by atoms with Crippen LogP contribution in [0.25, 0.3) is 22.0 Å². The molecule has 0 aliphatic carbocycles. The number of fused-ring (bicyclic) bond motifs is 2. The van der Waals surface area contributed by atoms with E-state index in [-0.39, 0.29) is 11.9 Å². The number of nitrogens with zero attached hydrogens (tertiary/aromatic N) is 3. The van der Waals surface area contributed by atoms with Crippen LogP contribution in [-0.4, -0.2) is 41.5 Å². The Labute approximate surface area is 175 Å². The van der Waals surface area contributed by atoms with Gasteiger partial charge in [0.25, 0.3) is 5.91 Å². The van der Waals surface area contributed by atoms with Crippen LogP contribution in [0.2, 0.25) is 0 Å². The first kappa shape index (κ1) is 18.7. The molecule has 0 spiro atoms. The third-order valence-corrected chi connectivity index (χ3v) is 5.95. The fourth-order valence-corrected chi connectivity index (χ4v) is 4.26. The SMILES string of the molecule is Cc1ccc(N2CCN(C(=O)c3cc4cc5ccc(C)cc5nc4o3)C[C@H]2C)cc1. The van der Waals surface area contributed by atoms with Gasteiger partial charge in [-0.2, -0.15) is 0 Å². The molecular formula is C25H25N3O2. The van der Waals surface area contributed by atoms with Gasteiger partial charge in [0.2, 0.25) is 5.71 Å². The molecule has 0 unspecified atom stereocenters. The minimum absolute atomic E-state index is 0.0661. The summed E-state index contributed by atoms with van der Waals surface area (Å²) in [5, 5.41) is 1.91. The molecule has 0 radical (unpaired) electrons. The van der Waals surface area contributed by atoms with Gasteiger partial charge in [-0.25, -0.2) is 4.98 Å². The molecule has 1 atom stereocenters. The Morgan fingerprint density at radius 2 is 1.73 bits per heavy atom. The van der Waals surface area contributed by atoms with Crippen molar-refractivity contribution in [2.24, 2.45) is 0 Å². The van der Waals surface area contributed by atoms with Crippen molar-refractivity contribution in [3.63, 3.8) is 0 Å².